The minimum Gasteiger partial charge on any atom is -0.464 e. The molecular weight excluding hydrogens is 242 g/mol. The summed E-state index contributed by atoms with van der Waals surface area (Å²) in [6.07, 6.45) is 6.30. The molecule has 19 heavy (non-hydrogen) atoms. The van der Waals surface area contributed by atoms with Gasteiger partial charge in [0.25, 0.3) is 0 Å². The van der Waals surface area contributed by atoms with Crippen molar-refractivity contribution in [1.82, 2.24) is 5.32 Å². The van der Waals surface area contributed by atoms with E-state index in [1.807, 2.05) is 0 Å². The molecule has 1 saturated heterocycles. The quantitative estimate of drug-likeness (QED) is 0.570. The molecule has 2 unspecified atom stereocenters. The molecule has 1 aliphatic rings. The largest absolute Gasteiger partial charge is 0.464 e. The maximum absolute atomic E-state index is 11.6. The second-order valence-corrected chi connectivity index (χ2v) is 5.58. The van der Waals surface area contributed by atoms with Gasteiger partial charge in [0.2, 0.25) is 5.91 Å². The third-order valence-corrected chi connectivity index (χ3v) is 3.35. The van der Waals surface area contributed by atoms with Crippen LogP contribution in [0.3, 0.4) is 0 Å². The Hall–Kier alpha value is -1.32. The molecule has 2 atom stereocenters. The first-order valence-corrected chi connectivity index (χ1v) is 7.08. The molecule has 1 rings (SSSR count). The van der Waals surface area contributed by atoms with E-state index < -0.39 is 6.04 Å². The Morgan fingerprint density at radius 3 is 2.79 bits per heavy atom. The molecular formula is C15H25NO3. The first-order valence-electron chi connectivity index (χ1n) is 7.08. The minimum absolute atomic E-state index is 0.0583. The van der Waals surface area contributed by atoms with Crippen LogP contribution in [0.25, 0.3) is 0 Å². The Morgan fingerprint density at radius 2 is 2.21 bits per heavy atom. The fourth-order valence-electron chi connectivity index (χ4n) is 2.05. The Kier molecular flexibility index (Phi) is 6.60. The van der Waals surface area contributed by atoms with Gasteiger partial charge in [0.1, 0.15) is 6.04 Å². The molecule has 1 fully saturated rings. The first-order chi connectivity index (χ1) is 8.99. The van der Waals surface area contributed by atoms with Crippen LogP contribution in [-0.2, 0) is 14.3 Å². The summed E-state index contributed by atoms with van der Waals surface area (Å²) in [4.78, 5) is 22.6. The summed E-state index contributed by atoms with van der Waals surface area (Å²) < 4.78 is 5.20. The summed E-state index contributed by atoms with van der Waals surface area (Å²) >= 11 is 0. The smallest absolute Gasteiger partial charge is 0.328 e. The molecule has 4 nitrogen and oxygen atoms in total. The van der Waals surface area contributed by atoms with Gasteiger partial charge in [-0.3, -0.25) is 4.79 Å². The van der Waals surface area contributed by atoms with Crippen molar-refractivity contribution >= 4 is 11.9 Å². The van der Waals surface area contributed by atoms with E-state index in [-0.39, 0.29) is 11.9 Å². The molecule has 0 bridgehead atoms. The number of ether oxygens (including phenoxy) is 1. The van der Waals surface area contributed by atoms with Crippen molar-refractivity contribution < 1.29 is 14.3 Å². The van der Waals surface area contributed by atoms with Crippen LogP contribution >= 0.6 is 0 Å². The monoisotopic (exact) mass is 267 g/mol. The highest BCUT2D eigenvalue weighted by molar-refractivity contribution is 5.87. The highest BCUT2D eigenvalue weighted by atomic mass is 16.5. The third kappa shape index (κ3) is 6.41. The lowest BCUT2D eigenvalue weighted by Crippen LogP contribution is -2.34. The lowest BCUT2D eigenvalue weighted by molar-refractivity contribution is -0.146. The topological polar surface area (TPSA) is 55.4 Å². The number of carbonyl (C=O) groups is 2. The molecule has 4 heteroatoms. The maximum Gasteiger partial charge on any atom is 0.328 e. The van der Waals surface area contributed by atoms with Gasteiger partial charge in [0.05, 0.1) is 6.61 Å². The van der Waals surface area contributed by atoms with Gasteiger partial charge in [-0.15, -0.1) is 0 Å². The van der Waals surface area contributed by atoms with Crippen molar-refractivity contribution in [1.29, 1.82) is 0 Å². The number of allylic oxidation sites excluding steroid dienone is 2. The molecule has 0 saturated carbocycles. The zero-order valence-electron chi connectivity index (χ0n) is 12.2. The fraction of sp³-hybridized carbons (Fsp3) is 0.733. The second-order valence-electron chi connectivity index (χ2n) is 5.58. The normalized spacial score (nSPS) is 19.7. The summed E-state index contributed by atoms with van der Waals surface area (Å²) in [5, 5.41) is 2.62. The van der Waals surface area contributed by atoms with Gasteiger partial charge in [-0.25, -0.2) is 4.79 Å². The zero-order chi connectivity index (χ0) is 14.3. The van der Waals surface area contributed by atoms with Crippen LogP contribution in [0.2, 0.25) is 0 Å². The van der Waals surface area contributed by atoms with Gasteiger partial charge in [0.15, 0.2) is 0 Å². The number of hydrogen-bond acceptors (Lipinski definition) is 3. The van der Waals surface area contributed by atoms with Crippen LogP contribution in [-0.4, -0.2) is 24.5 Å². The van der Waals surface area contributed by atoms with Crippen LogP contribution in [0.15, 0.2) is 11.6 Å². The molecule has 1 N–H and O–H groups in total. The number of nitrogens with one attached hydrogen (secondary N) is 1. The van der Waals surface area contributed by atoms with Gasteiger partial charge in [-0.05, 0) is 45.4 Å². The average Bonchev–Trinajstić information content (AvgIpc) is 2.75. The number of carbonyl (C=O) groups excluding carboxylic acids is 2. The second kappa shape index (κ2) is 7.97. The van der Waals surface area contributed by atoms with E-state index in [9.17, 15) is 9.59 Å². The third-order valence-electron chi connectivity index (χ3n) is 3.35. The van der Waals surface area contributed by atoms with Crippen molar-refractivity contribution in [2.75, 3.05) is 6.61 Å². The lowest BCUT2D eigenvalue weighted by atomic mass is 10.0. The predicted octanol–water partition coefficient (Wildman–Crippen LogP) is 2.58. The first kappa shape index (κ1) is 15.7. The lowest BCUT2D eigenvalue weighted by Gasteiger charge is -2.13. The van der Waals surface area contributed by atoms with Crippen LogP contribution in [0.1, 0.15) is 52.9 Å². The summed E-state index contributed by atoms with van der Waals surface area (Å²) in [6, 6.07) is -0.423. The molecule has 0 aromatic carbocycles. The molecule has 1 heterocycles. The van der Waals surface area contributed by atoms with Crippen molar-refractivity contribution in [3.63, 3.8) is 0 Å². The number of amides is 1. The average molecular weight is 267 g/mol. The Balaban J connectivity index is 2.10. The molecule has 0 aromatic heterocycles. The molecule has 108 valence electrons. The molecule has 0 aromatic rings. The molecule has 0 radical (unpaired) electrons. The predicted molar refractivity (Wildman–Crippen MR) is 74.6 cm³/mol. The Bertz CT molecular complexity index is 345. The SMILES string of the molecule is CC(C)=CCCC(C)CCOC(=O)C1CCC(=O)N1. The van der Waals surface area contributed by atoms with E-state index >= 15 is 0 Å². The highest BCUT2D eigenvalue weighted by Gasteiger charge is 2.28. The zero-order valence-corrected chi connectivity index (χ0v) is 12.2. The Morgan fingerprint density at radius 1 is 1.47 bits per heavy atom. The number of rotatable bonds is 7. The Labute approximate surface area is 115 Å². The van der Waals surface area contributed by atoms with Gasteiger partial charge in [0, 0.05) is 6.42 Å². The summed E-state index contributed by atoms with van der Waals surface area (Å²) in [6.45, 7) is 6.82. The molecule has 0 spiro atoms. The van der Waals surface area contributed by atoms with Gasteiger partial charge < -0.3 is 10.1 Å². The van der Waals surface area contributed by atoms with E-state index in [1.165, 1.54) is 5.57 Å². The molecule has 0 aliphatic carbocycles. The van der Waals surface area contributed by atoms with E-state index in [1.54, 1.807) is 0 Å². The van der Waals surface area contributed by atoms with Gasteiger partial charge in [-0.1, -0.05) is 18.6 Å². The fourth-order valence-corrected chi connectivity index (χ4v) is 2.05. The van der Waals surface area contributed by atoms with E-state index in [2.05, 4.69) is 32.2 Å². The molecule has 1 amide bonds. The van der Waals surface area contributed by atoms with Crippen LogP contribution in [0.5, 0.6) is 0 Å². The number of hydrogen-bond donors (Lipinski definition) is 1. The standard InChI is InChI=1S/C15H25NO3/c1-11(2)5-4-6-12(3)9-10-19-15(18)13-7-8-14(17)16-13/h5,12-13H,4,6-10H2,1-3H3,(H,16,17). The van der Waals surface area contributed by atoms with E-state index in [0.29, 0.717) is 25.4 Å². The van der Waals surface area contributed by atoms with Crippen LogP contribution < -0.4 is 5.32 Å². The number of esters is 1. The van der Waals surface area contributed by atoms with Crippen molar-refractivity contribution in [3.8, 4) is 0 Å². The van der Waals surface area contributed by atoms with Crippen molar-refractivity contribution in [2.24, 2.45) is 5.92 Å². The summed E-state index contributed by atoms with van der Waals surface area (Å²) in [5.41, 5.74) is 1.34. The van der Waals surface area contributed by atoms with E-state index in [0.717, 1.165) is 19.3 Å². The van der Waals surface area contributed by atoms with Crippen LogP contribution in [0, 0.1) is 5.92 Å². The summed E-state index contributed by atoms with van der Waals surface area (Å²) in [7, 11) is 0. The highest BCUT2D eigenvalue weighted by Crippen LogP contribution is 2.13. The van der Waals surface area contributed by atoms with Gasteiger partial charge in [-0.2, -0.15) is 0 Å². The molecule has 1 aliphatic heterocycles. The summed E-state index contributed by atoms with van der Waals surface area (Å²) in [5.74, 6) is 0.195. The van der Waals surface area contributed by atoms with Gasteiger partial charge >= 0.3 is 5.97 Å². The van der Waals surface area contributed by atoms with E-state index in [4.69, 9.17) is 4.74 Å². The van der Waals surface area contributed by atoms with Crippen molar-refractivity contribution in [2.45, 2.75) is 58.9 Å². The maximum atomic E-state index is 11.6. The minimum atomic E-state index is -0.423. The van der Waals surface area contributed by atoms with Crippen molar-refractivity contribution in [3.05, 3.63) is 11.6 Å². The van der Waals surface area contributed by atoms with Crippen LogP contribution in [0.4, 0.5) is 0 Å².